The van der Waals surface area contributed by atoms with Crippen LogP contribution in [-0.2, 0) is 19.6 Å². The number of carbonyl (C=O) groups is 1. The second-order valence-corrected chi connectivity index (χ2v) is 7.43. The van der Waals surface area contributed by atoms with Crippen LogP contribution in [-0.4, -0.2) is 50.9 Å². The van der Waals surface area contributed by atoms with Crippen molar-refractivity contribution in [3.8, 4) is 0 Å². The fourth-order valence-corrected chi connectivity index (χ4v) is 3.68. The van der Waals surface area contributed by atoms with E-state index in [0.717, 1.165) is 9.20 Å². The Morgan fingerprint density at radius 2 is 1.95 bits per heavy atom. The Hall–Kier alpha value is -1.25. The molecule has 0 amide bonds. The van der Waals surface area contributed by atoms with E-state index in [9.17, 15) is 13.2 Å². The van der Waals surface area contributed by atoms with Gasteiger partial charge in [-0.3, -0.25) is 4.79 Å². The van der Waals surface area contributed by atoms with Gasteiger partial charge in [0.15, 0.2) is 0 Å². The number of sulfonamides is 1. The highest BCUT2D eigenvalue weighted by Crippen LogP contribution is 2.19. The molecule has 0 bridgehead atoms. The van der Waals surface area contributed by atoms with Gasteiger partial charge in [-0.1, -0.05) is 0 Å². The van der Waals surface area contributed by atoms with Crippen LogP contribution in [0.25, 0.3) is 0 Å². The van der Waals surface area contributed by atoms with Gasteiger partial charge in [0.1, 0.15) is 6.54 Å². The molecule has 0 aliphatic rings. The van der Waals surface area contributed by atoms with E-state index in [-0.39, 0.29) is 12.3 Å². The van der Waals surface area contributed by atoms with Crippen molar-refractivity contribution >= 4 is 33.4 Å². The van der Waals surface area contributed by atoms with Crippen LogP contribution in [0.1, 0.15) is 0 Å². The maximum absolute atomic E-state index is 11.9. The topological polar surface area (TPSA) is 89.7 Å². The number of thioether (sulfide) groups is 1. The summed E-state index contributed by atoms with van der Waals surface area (Å²) in [5.74, 6) is -0.227. The molecule has 1 rings (SSSR count). The van der Waals surface area contributed by atoms with Crippen molar-refractivity contribution in [2.45, 2.75) is 4.90 Å². The van der Waals surface area contributed by atoms with E-state index in [1.807, 2.05) is 12.1 Å². The molecule has 8 heteroatoms. The average molecular weight is 318 g/mol. The number of hydrogen-bond donors (Lipinski definition) is 1. The summed E-state index contributed by atoms with van der Waals surface area (Å²) in [5.41, 5.74) is 6.23. The van der Waals surface area contributed by atoms with Crippen LogP contribution in [0, 0.1) is 0 Å². The Morgan fingerprint density at radius 3 is 2.50 bits per heavy atom. The third kappa shape index (κ3) is 5.40. The predicted molar refractivity (Wildman–Crippen MR) is 80.0 cm³/mol. The van der Waals surface area contributed by atoms with Gasteiger partial charge in [-0.2, -0.15) is 4.31 Å². The van der Waals surface area contributed by atoms with Gasteiger partial charge in [0.05, 0.1) is 12.9 Å². The molecule has 0 aliphatic heterocycles. The zero-order valence-corrected chi connectivity index (χ0v) is 13.0. The number of carbonyl (C=O) groups excluding carboxylic acids is 1. The first-order valence-corrected chi connectivity index (χ1v) is 8.44. The molecule has 1 aromatic carbocycles. The molecule has 0 aliphatic carbocycles. The number of benzene rings is 1. The van der Waals surface area contributed by atoms with Crippen LogP contribution >= 0.6 is 11.8 Å². The lowest BCUT2D eigenvalue weighted by molar-refractivity contribution is -0.140. The third-order valence-corrected chi connectivity index (χ3v) is 5.62. The largest absolute Gasteiger partial charge is 0.468 e. The van der Waals surface area contributed by atoms with E-state index >= 15 is 0 Å². The number of nitrogen functional groups attached to an aromatic ring is 1. The van der Waals surface area contributed by atoms with Gasteiger partial charge in [0, 0.05) is 23.4 Å². The molecule has 0 heterocycles. The van der Waals surface area contributed by atoms with Crippen molar-refractivity contribution in [2.75, 3.05) is 37.9 Å². The lowest BCUT2D eigenvalue weighted by Gasteiger charge is -2.15. The van der Waals surface area contributed by atoms with Crippen LogP contribution in [0.3, 0.4) is 0 Å². The predicted octanol–water partition coefficient (Wildman–Crippen LogP) is 0.795. The van der Waals surface area contributed by atoms with E-state index < -0.39 is 16.0 Å². The van der Waals surface area contributed by atoms with Gasteiger partial charge in [0.2, 0.25) is 10.0 Å². The maximum Gasteiger partial charge on any atom is 0.320 e. The Morgan fingerprint density at radius 1 is 1.35 bits per heavy atom. The number of esters is 1. The fraction of sp³-hybridized carbons (Fsp3) is 0.417. The minimum atomic E-state index is -3.46. The van der Waals surface area contributed by atoms with E-state index in [2.05, 4.69) is 4.74 Å². The van der Waals surface area contributed by atoms with Crippen LogP contribution < -0.4 is 5.73 Å². The van der Waals surface area contributed by atoms with Gasteiger partial charge in [0.25, 0.3) is 0 Å². The summed E-state index contributed by atoms with van der Waals surface area (Å²) in [4.78, 5) is 12.0. The highest BCUT2D eigenvalue weighted by molar-refractivity contribution is 8.00. The SMILES string of the molecule is COC(=O)CN(C)S(=O)(=O)CCSc1ccc(N)cc1. The number of anilines is 1. The highest BCUT2D eigenvalue weighted by Gasteiger charge is 2.20. The zero-order chi connectivity index (χ0) is 15.2. The number of hydrogen-bond acceptors (Lipinski definition) is 6. The van der Waals surface area contributed by atoms with Gasteiger partial charge in [-0.05, 0) is 24.3 Å². The van der Waals surface area contributed by atoms with Crippen molar-refractivity contribution in [3.05, 3.63) is 24.3 Å². The molecular weight excluding hydrogens is 300 g/mol. The Kier molecular flexibility index (Phi) is 6.31. The van der Waals surface area contributed by atoms with Gasteiger partial charge < -0.3 is 10.5 Å². The monoisotopic (exact) mass is 318 g/mol. The molecule has 0 saturated heterocycles. The van der Waals surface area contributed by atoms with Gasteiger partial charge in [-0.15, -0.1) is 11.8 Å². The summed E-state index contributed by atoms with van der Waals surface area (Å²) in [5, 5.41) is 0. The zero-order valence-electron chi connectivity index (χ0n) is 11.4. The molecule has 0 aromatic heterocycles. The molecule has 112 valence electrons. The summed E-state index contributed by atoms with van der Waals surface area (Å²) < 4.78 is 29.3. The first-order chi connectivity index (χ1) is 9.35. The molecule has 2 N–H and O–H groups in total. The summed E-state index contributed by atoms with van der Waals surface area (Å²) in [6.45, 7) is -0.272. The Bertz CT molecular complexity index is 543. The van der Waals surface area contributed by atoms with Crippen LogP contribution in [0.15, 0.2) is 29.2 Å². The molecule has 20 heavy (non-hydrogen) atoms. The van der Waals surface area contributed by atoms with Crippen molar-refractivity contribution in [1.29, 1.82) is 0 Å². The molecule has 0 atom stereocenters. The molecule has 0 fully saturated rings. The van der Waals surface area contributed by atoms with Crippen molar-refractivity contribution in [2.24, 2.45) is 0 Å². The molecule has 6 nitrogen and oxygen atoms in total. The summed E-state index contributed by atoms with van der Waals surface area (Å²) in [6.07, 6.45) is 0. The number of likely N-dealkylation sites (N-methyl/N-ethyl adjacent to an activating group) is 1. The Balaban J connectivity index is 2.47. The Labute approximate surface area is 123 Å². The number of methoxy groups -OCH3 is 1. The summed E-state index contributed by atoms with van der Waals surface area (Å²) in [6, 6.07) is 7.20. The fourth-order valence-electron chi connectivity index (χ4n) is 1.33. The second-order valence-electron chi connectivity index (χ2n) is 4.07. The van der Waals surface area contributed by atoms with E-state index in [1.165, 1.54) is 25.9 Å². The van der Waals surface area contributed by atoms with Crippen molar-refractivity contribution in [3.63, 3.8) is 0 Å². The van der Waals surface area contributed by atoms with Crippen LogP contribution in [0.2, 0.25) is 0 Å². The summed E-state index contributed by atoms with van der Waals surface area (Å²) in [7, 11) is -0.874. The second kappa shape index (κ2) is 7.51. The van der Waals surface area contributed by atoms with Crippen molar-refractivity contribution in [1.82, 2.24) is 4.31 Å². The number of rotatable bonds is 7. The minimum absolute atomic E-state index is 0.0461. The van der Waals surface area contributed by atoms with E-state index in [1.54, 1.807) is 12.1 Å². The molecule has 0 unspecified atom stereocenters. The molecule has 0 radical (unpaired) electrons. The molecule has 0 saturated carbocycles. The average Bonchev–Trinajstić information content (AvgIpc) is 2.40. The minimum Gasteiger partial charge on any atom is -0.468 e. The number of nitrogens with two attached hydrogens (primary N) is 1. The van der Waals surface area contributed by atoms with Gasteiger partial charge in [-0.25, -0.2) is 8.42 Å². The van der Waals surface area contributed by atoms with Gasteiger partial charge >= 0.3 is 5.97 Å². The lowest BCUT2D eigenvalue weighted by Crippen LogP contribution is -2.34. The number of ether oxygens (including phenoxy) is 1. The standard InChI is InChI=1S/C12H18N2O4S2/c1-14(9-12(15)18-2)20(16,17)8-7-19-11-5-3-10(13)4-6-11/h3-6H,7-9,13H2,1-2H3. The van der Waals surface area contributed by atoms with E-state index in [0.29, 0.717) is 11.4 Å². The van der Waals surface area contributed by atoms with Crippen LogP contribution in [0.5, 0.6) is 0 Å². The summed E-state index contributed by atoms with van der Waals surface area (Å²) >= 11 is 1.42. The first kappa shape index (κ1) is 16.8. The lowest BCUT2D eigenvalue weighted by atomic mass is 10.3. The van der Waals surface area contributed by atoms with Crippen LogP contribution in [0.4, 0.5) is 5.69 Å². The number of nitrogens with zero attached hydrogens (tertiary/aromatic N) is 1. The smallest absolute Gasteiger partial charge is 0.320 e. The molecule has 0 spiro atoms. The van der Waals surface area contributed by atoms with E-state index in [4.69, 9.17) is 5.73 Å². The molecule has 1 aromatic rings. The van der Waals surface area contributed by atoms with Crippen molar-refractivity contribution < 1.29 is 17.9 Å². The highest BCUT2D eigenvalue weighted by atomic mass is 32.2. The normalized spacial score (nSPS) is 11.6. The third-order valence-electron chi connectivity index (χ3n) is 2.54. The first-order valence-electron chi connectivity index (χ1n) is 5.84. The maximum atomic E-state index is 11.9. The molecular formula is C12H18N2O4S2. The quantitative estimate of drug-likeness (QED) is 0.454.